The maximum Gasteiger partial charge on any atom is 0.343 e. The Labute approximate surface area is 257 Å². The Morgan fingerprint density at radius 3 is 1.98 bits per heavy atom. The molecule has 8 nitrogen and oxygen atoms in total. The van der Waals surface area contributed by atoms with E-state index >= 15 is 0 Å². The smallest absolute Gasteiger partial charge is 0.343 e. The third-order valence-electron chi connectivity index (χ3n) is 7.25. The van der Waals surface area contributed by atoms with E-state index in [9.17, 15) is 23.9 Å². The highest BCUT2D eigenvalue weighted by molar-refractivity contribution is 7.51. The molecular formula is C34H51N2O6P. The Morgan fingerprint density at radius 1 is 0.837 bits per heavy atom. The van der Waals surface area contributed by atoms with Gasteiger partial charge >= 0.3 is 13.6 Å². The van der Waals surface area contributed by atoms with Crippen LogP contribution in [0.1, 0.15) is 113 Å². The molecule has 9 heteroatoms. The molecule has 5 N–H and O–H groups in total. The molecule has 0 heterocycles. The van der Waals surface area contributed by atoms with Crippen molar-refractivity contribution in [2.75, 3.05) is 11.9 Å². The summed E-state index contributed by atoms with van der Waals surface area (Å²) in [4.78, 5) is 44.0. The quantitative estimate of drug-likeness (QED) is 0.0266. The van der Waals surface area contributed by atoms with Crippen LogP contribution in [-0.4, -0.2) is 33.9 Å². The first-order chi connectivity index (χ1) is 20.7. The van der Waals surface area contributed by atoms with Crippen LogP contribution in [0.4, 0.5) is 5.69 Å². The summed E-state index contributed by atoms with van der Waals surface area (Å²) < 4.78 is 17.1. The fraction of sp³-hybridized carbons (Fsp3) is 0.529. The molecule has 1 amide bonds. The van der Waals surface area contributed by atoms with Crippen LogP contribution in [0.2, 0.25) is 0 Å². The molecule has 0 saturated carbocycles. The maximum atomic E-state index is 12.6. The van der Waals surface area contributed by atoms with Crippen molar-refractivity contribution < 1.29 is 28.7 Å². The van der Waals surface area contributed by atoms with Gasteiger partial charge in [-0.3, -0.25) is 9.36 Å². The number of esters is 1. The number of amides is 1. The molecule has 0 aliphatic carbocycles. The van der Waals surface area contributed by atoms with E-state index < -0.39 is 25.8 Å². The van der Waals surface area contributed by atoms with Gasteiger partial charge < -0.3 is 25.6 Å². The van der Waals surface area contributed by atoms with E-state index in [1.807, 2.05) is 0 Å². The number of hydrogen-bond donors (Lipinski definition) is 4. The van der Waals surface area contributed by atoms with Crippen LogP contribution in [0.5, 0.6) is 5.75 Å². The number of benzene rings is 2. The van der Waals surface area contributed by atoms with Crippen molar-refractivity contribution in [1.29, 1.82) is 0 Å². The van der Waals surface area contributed by atoms with Gasteiger partial charge in [0.1, 0.15) is 5.75 Å². The first-order valence-corrected chi connectivity index (χ1v) is 17.6. The van der Waals surface area contributed by atoms with Gasteiger partial charge in [-0.15, -0.1) is 0 Å². The van der Waals surface area contributed by atoms with Gasteiger partial charge in [-0.25, -0.2) is 4.79 Å². The van der Waals surface area contributed by atoms with E-state index in [0.717, 1.165) is 44.1 Å². The normalized spacial score (nSPS) is 12.3. The number of unbranched alkanes of at least 4 members (excludes halogenated alkanes) is 11. The Kier molecular flexibility index (Phi) is 17.6. The summed E-state index contributed by atoms with van der Waals surface area (Å²) >= 11 is 0. The topological polar surface area (TPSA) is 139 Å². The van der Waals surface area contributed by atoms with Crippen molar-refractivity contribution in [2.45, 2.75) is 109 Å². The monoisotopic (exact) mass is 614 g/mol. The van der Waals surface area contributed by atoms with Gasteiger partial charge in [0, 0.05) is 18.2 Å². The second-order valence-electron chi connectivity index (χ2n) is 11.3. The minimum Gasteiger partial charge on any atom is -0.423 e. The Bertz CT molecular complexity index is 1140. The summed E-state index contributed by atoms with van der Waals surface area (Å²) in [5, 5.41) is 2.81. The van der Waals surface area contributed by atoms with Crippen molar-refractivity contribution in [3.8, 4) is 5.75 Å². The van der Waals surface area contributed by atoms with Crippen LogP contribution in [0.3, 0.4) is 0 Å². The number of anilines is 1. The Balaban J connectivity index is 1.66. The molecule has 43 heavy (non-hydrogen) atoms. The molecule has 0 aromatic heterocycles. The largest absolute Gasteiger partial charge is 0.423 e. The third-order valence-corrected chi connectivity index (χ3v) is 8.17. The number of allylic oxidation sites excluding steroid dienone is 2. The zero-order chi connectivity index (χ0) is 31.3. The van der Waals surface area contributed by atoms with E-state index in [-0.39, 0.29) is 12.3 Å². The summed E-state index contributed by atoms with van der Waals surface area (Å²) in [5.41, 5.74) is 7.32. The second-order valence-corrected chi connectivity index (χ2v) is 13.0. The molecule has 2 rings (SSSR count). The van der Waals surface area contributed by atoms with E-state index in [2.05, 4.69) is 24.4 Å². The molecule has 2 aromatic carbocycles. The summed E-state index contributed by atoms with van der Waals surface area (Å²) in [6.07, 6.45) is 20.0. The Morgan fingerprint density at radius 2 is 1.40 bits per heavy atom. The SMILES string of the molecule is CCCCCCCC/C=C\CCCCCCCC(=O)N[C@@H](Cc1ccc(OC(=O)c2ccc(N)cc2)cc1)CP(=O)(O)O. The molecule has 2 aromatic rings. The van der Waals surface area contributed by atoms with E-state index in [1.165, 1.54) is 44.9 Å². The molecule has 0 saturated heterocycles. The molecule has 0 radical (unpaired) electrons. The molecule has 0 unspecified atom stereocenters. The van der Waals surface area contributed by atoms with Gasteiger partial charge in [0.25, 0.3) is 0 Å². The average Bonchev–Trinajstić information content (AvgIpc) is 2.95. The lowest BCUT2D eigenvalue weighted by Gasteiger charge is -2.20. The van der Waals surface area contributed by atoms with Gasteiger partial charge in [0.15, 0.2) is 0 Å². The third kappa shape index (κ3) is 17.7. The highest BCUT2D eigenvalue weighted by Gasteiger charge is 2.23. The predicted octanol–water partition coefficient (Wildman–Crippen LogP) is 7.73. The maximum absolute atomic E-state index is 12.6. The van der Waals surface area contributed by atoms with E-state index in [1.54, 1.807) is 48.5 Å². The number of rotatable bonds is 22. The first-order valence-electron chi connectivity index (χ1n) is 15.8. The van der Waals surface area contributed by atoms with Crippen LogP contribution in [0.15, 0.2) is 60.7 Å². The molecule has 238 valence electrons. The zero-order valence-corrected chi connectivity index (χ0v) is 26.6. The highest BCUT2D eigenvalue weighted by atomic mass is 31.2. The number of carbonyl (C=O) groups excluding carboxylic acids is 2. The summed E-state index contributed by atoms with van der Waals surface area (Å²) in [5.74, 6) is -0.384. The number of nitrogen functional groups attached to an aromatic ring is 1. The summed E-state index contributed by atoms with van der Waals surface area (Å²) in [6.45, 7) is 2.24. The number of nitrogens with two attached hydrogens (primary N) is 1. The first kappa shape index (κ1) is 36.3. The number of hydrogen-bond acceptors (Lipinski definition) is 5. The lowest BCUT2D eigenvalue weighted by atomic mass is 10.1. The molecule has 0 aliphatic rings. The van der Waals surface area contributed by atoms with Crippen LogP contribution >= 0.6 is 7.60 Å². The van der Waals surface area contributed by atoms with Crippen molar-refractivity contribution in [3.05, 3.63) is 71.8 Å². The fourth-order valence-electron chi connectivity index (χ4n) is 4.87. The van der Waals surface area contributed by atoms with Crippen LogP contribution < -0.4 is 15.8 Å². The average molecular weight is 615 g/mol. The van der Waals surface area contributed by atoms with Gasteiger partial charge in [0.2, 0.25) is 5.91 Å². The molecule has 0 aliphatic heterocycles. The van der Waals surface area contributed by atoms with Crippen LogP contribution in [0, 0.1) is 0 Å². The summed E-state index contributed by atoms with van der Waals surface area (Å²) in [7, 11) is -4.34. The standard InChI is InChI=1S/C34H51N2O6P/c1-2-3-4-5-6-7-8-9-10-11-12-13-14-15-16-17-33(37)36-31(27-43(39,40)41)26-28-18-24-32(25-19-28)42-34(38)29-20-22-30(35)23-21-29/h9-10,18-25,31H,2-8,11-17,26-27,35H2,1H3,(H,36,37)(H2,39,40,41)/b10-9-/t31-/m0/s1. The summed E-state index contributed by atoms with van der Waals surface area (Å²) in [6, 6.07) is 12.4. The van der Waals surface area contributed by atoms with E-state index in [0.29, 0.717) is 23.4 Å². The molecule has 0 fully saturated rings. The number of nitrogens with one attached hydrogen (secondary N) is 1. The fourth-order valence-corrected chi connectivity index (χ4v) is 5.66. The molecule has 0 spiro atoms. The van der Waals surface area contributed by atoms with Crippen molar-refractivity contribution in [2.24, 2.45) is 0 Å². The molecular weight excluding hydrogens is 563 g/mol. The molecule has 0 bridgehead atoms. The van der Waals surface area contributed by atoms with Gasteiger partial charge in [-0.1, -0.05) is 82.6 Å². The highest BCUT2D eigenvalue weighted by Crippen LogP contribution is 2.35. The van der Waals surface area contributed by atoms with Gasteiger partial charge in [-0.05, 0) is 80.5 Å². The lowest BCUT2D eigenvalue weighted by Crippen LogP contribution is -2.39. The van der Waals surface area contributed by atoms with Crippen molar-refractivity contribution in [1.82, 2.24) is 5.32 Å². The van der Waals surface area contributed by atoms with Crippen LogP contribution in [-0.2, 0) is 15.8 Å². The van der Waals surface area contributed by atoms with Crippen molar-refractivity contribution >= 4 is 25.2 Å². The predicted molar refractivity (Wildman–Crippen MR) is 174 cm³/mol. The van der Waals surface area contributed by atoms with Gasteiger partial charge in [-0.2, -0.15) is 0 Å². The minimum atomic E-state index is -4.34. The second kappa shape index (κ2) is 20.9. The number of carbonyl (C=O) groups is 2. The van der Waals surface area contributed by atoms with Crippen molar-refractivity contribution in [3.63, 3.8) is 0 Å². The molecule has 1 atom stereocenters. The lowest BCUT2D eigenvalue weighted by molar-refractivity contribution is -0.121. The van der Waals surface area contributed by atoms with E-state index in [4.69, 9.17) is 10.5 Å². The number of ether oxygens (including phenoxy) is 1. The zero-order valence-electron chi connectivity index (χ0n) is 25.7. The Hall–Kier alpha value is -2.93. The van der Waals surface area contributed by atoms with Gasteiger partial charge in [0.05, 0.1) is 11.7 Å². The van der Waals surface area contributed by atoms with Crippen LogP contribution in [0.25, 0.3) is 0 Å². The minimum absolute atomic E-state index is 0.204.